The minimum atomic E-state index is 0.696. The van der Waals surface area contributed by atoms with E-state index in [2.05, 4.69) is 199 Å². The molecule has 0 radical (unpaired) electrons. The van der Waals surface area contributed by atoms with Gasteiger partial charge in [-0.15, -0.1) is 0 Å². The normalized spacial score (nSPS) is 11.7. The number of hydrogen-bond acceptors (Lipinski definition) is 3. The maximum absolute atomic E-state index is 6.28. The Morgan fingerprint density at radius 2 is 0.833 bits per heavy atom. The first-order chi connectivity index (χ1) is 29.7. The molecule has 0 fully saturated rings. The van der Waals surface area contributed by atoms with E-state index >= 15 is 0 Å². The molecule has 12 rings (SSSR count). The number of nitrogens with zero attached hydrogens (tertiary/aromatic N) is 3. The van der Waals surface area contributed by atoms with Crippen molar-refractivity contribution < 1.29 is 4.42 Å². The van der Waals surface area contributed by atoms with Crippen LogP contribution < -0.4 is 0 Å². The number of fused-ring (bicyclic) bond motifs is 8. The van der Waals surface area contributed by atoms with Crippen molar-refractivity contribution in [1.82, 2.24) is 14.5 Å². The van der Waals surface area contributed by atoms with Gasteiger partial charge in [0.25, 0.3) is 0 Å². The quantitative estimate of drug-likeness (QED) is 0.169. The Hall–Kier alpha value is -8.08. The summed E-state index contributed by atoms with van der Waals surface area (Å²) in [5.41, 5.74) is 14.7. The van der Waals surface area contributed by atoms with Crippen molar-refractivity contribution in [1.29, 1.82) is 0 Å². The van der Waals surface area contributed by atoms with E-state index in [1.54, 1.807) is 0 Å². The minimum absolute atomic E-state index is 0.696. The van der Waals surface area contributed by atoms with E-state index in [-0.39, 0.29) is 0 Å². The molecule has 60 heavy (non-hydrogen) atoms. The molecule has 3 heterocycles. The first-order valence-electron chi connectivity index (χ1n) is 20.3. The van der Waals surface area contributed by atoms with Crippen molar-refractivity contribution in [3.8, 4) is 61.8 Å². The molecule has 3 aromatic heterocycles. The largest absolute Gasteiger partial charge is 0.456 e. The summed E-state index contributed by atoms with van der Waals surface area (Å²) in [6.07, 6.45) is 0. The van der Waals surface area contributed by atoms with Gasteiger partial charge in [-0.25, -0.2) is 9.97 Å². The van der Waals surface area contributed by atoms with Crippen LogP contribution in [0.5, 0.6) is 0 Å². The molecule has 4 nitrogen and oxygen atoms in total. The molecule has 9 aromatic carbocycles. The third-order valence-corrected chi connectivity index (χ3v) is 11.9. The summed E-state index contributed by atoms with van der Waals surface area (Å²) in [5.74, 6) is 0.696. The molecule has 0 bridgehead atoms. The van der Waals surface area contributed by atoms with E-state index in [0.717, 1.165) is 78.0 Å². The fourth-order valence-electron chi connectivity index (χ4n) is 8.86. The molecule has 280 valence electrons. The summed E-state index contributed by atoms with van der Waals surface area (Å²) in [6, 6.07) is 75.0. The van der Waals surface area contributed by atoms with Crippen molar-refractivity contribution in [3.63, 3.8) is 0 Å². The number of para-hydroxylation sites is 2. The second-order valence-electron chi connectivity index (χ2n) is 15.4. The van der Waals surface area contributed by atoms with E-state index in [4.69, 9.17) is 14.4 Å². The zero-order chi connectivity index (χ0) is 39.6. The molecule has 0 spiro atoms. The fraction of sp³-hybridized carbons (Fsp3) is 0. The van der Waals surface area contributed by atoms with Gasteiger partial charge >= 0.3 is 0 Å². The Bertz CT molecular complexity index is 3510. The highest BCUT2D eigenvalue weighted by molar-refractivity contribution is 6.19. The van der Waals surface area contributed by atoms with Gasteiger partial charge in [-0.05, 0) is 81.6 Å². The van der Waals surface area contributed by atoms with E-state index < -0.39 is 0 Å². The van der Waals surface area contributed by atoms with Crippen LogP contribution in [0, 0.1) is 0 Å². The number of aromatic nitrogens is 3. The first-order valence-corrected chi connectivity index (χ1v) is 20.3. The van der Waals surface area contributed by atoms with Gasteiger partial charge in [-0.3, -0.25) is 0 Å². The van der Waals surface area contributed by atoms with Gasteiger partial charge in [0.1, 0.15) is 11.2 Å². The maximum Gasteiger partial charge on any atom is 0.160 e. The second-order valence-corrected chi connectivity index (χ2v) is 15.4. The van der Waals surface area contributed by atoms with Crippen LogP contribution in [0.1, 0.15) is 0 Å². The van der Waals surface area contributed by atoms with Crippen LogP contribution in [-0.2, 0) is 0 Å². The van der Waals surface area contributed by atoms with Crippen LogP contribution in [0.2, 0.25) is 0 Å². The lowest BCUT2D eigenvalue weighted by molar-refractivity contribution is 0.669. The molecule has 0 saturated carbocycles. The van der Waals surface area contributed by atoms with Crippen LogP contribution in [0.4, 0.5) is 0 Å². The summed E-state index contributed by atoms with van der Waals surface area (Å²) < 4.78 is 8.63. The summed E-state index contributed by atoms with van der Waals surface area (Å²) >= 11 is 0. The Morgan fingerprint density at radius 1 is 0.333 bits per heavy atom. The van der Waals surface area contributed by atoms with Crippen LogP contribution >= 0.6 is 0 Å². The second kappa shape index (κ2) is 13.8. The third kappa shape index (κ3) is 5.69. The van der Waals surface area contributed by atoms with Gasteiger partial charge in [0.2, 0.25) is 0 Å². The van der Waals surface area contributed by atoms with Crippen LogP contribution in [0.15, 0.2) is 217 Å². The molecule has 4 heteroatoms. The van der Waals surface area contributed by atoms with Crippen molar-refractivity contribution in [2.45, 2.75) is 0 Å². The number of hydrogen-bond donors (Lipinski definition) is 0. The third-order valence-electron chi connectivity index (χ3n) is 11.9. The molecular formula is C56H35N3O. The molecular weight excluding hydrogens is 731 g/mol. The average molecular weight is 766 g/mol. The molecule has 0 atom stereocenters. The highest BCUT2D eigenvalue weighted by Gasteiger charge is 2.15. The molecule has 12 aromatic rings. The first kappa shape index (κ1) is 34.0. The predicted molar refractivity (Wildman–Crippen MR) is 248 cm³/mol. The fourth-order valence-corrected chi connectivity index (χ4v) is 8.86. The minimum Gasteiger partial charge on any atom is -0.456 e. The Morgan fingerprint density at radius 3 is 1.48 bits per heavy atom. The lowest BCUT2D eigenvalue weighted by Crippen LogP contribution is -1.96. The Labute approximate surface area is 346 Å². The number of benzene rings is 9. The zero-order valence-electron chi connectivity index (χ0n) is 32.5. The van der Waals surface area contributed by atoms with Gasteiger partial charge in [-0.1, -0.05) is 164 Å². The van der Waals surface area contributed by atoms with Crippen LogP contribution in [0.3, 0.4) is 0 Å². The van der Waals surface area contributed by atoms with Crippen LogP contribution in [0.25, 0.3) is 116 Å². The van der Waals surface area contributed by atoms with Crippen molar-refractivity contribution in [2.24, 2.45) is 0 Å². The van der Waals surface area contributed by atoms with Gasteiger partial charge in [-0.2, -0.15) is 0 Å². The van der Waals surface area contributed by atoms with Crippen molar-refractivity contribution in [3.05, 3.63) is 212 Å². The van der Waals surface area contributed by atoms with Gasteiger partial charge in [0, 0.05) is 43.9 Å². The lowest BCUT2D eigenvalue weighted by Gasteiger charge is -2.11. The molecule has 0 aliphatic rings. The maximum atomic E-state index is 6.28. The summed E-state index contributed by atoms with van der Waals surface area (Å²) in [6.45, 7) is 0. The summed E-state index contributed by atoms with van der Waals surface area (Å²) in [7, 11) is 0. The Balaban J connectivity index is 0.872. The highest BCUT2D eigenvalue weighted by atomic mass is 16.3. The van der Waals surface area contributed by atoms with E-state index in [9.17, 15) is 0 Å². The van der Waals surface area contributed by atoms with Gasteiger partial charge in [0.15, 0.2) is 5.82 Å². The average Bonchev–Trinajstić information content (AvgIpc) is 3.88. The number of rotatable bonds is 6. The zero-order valence-corrected chi connectivity index (χ0v) is 32.5. The number of furan rings is 1. The molecule has 0 unspecified atom stereocenters. The molecule has 0 aliphatic carbocycles. The standard InChI is InChI=1S/C56H35N3O/c1-2-11-42(12-3-1)56-57-49(40-22-18-36(19-23-40)37-26-30-44(31-27-37)59-51-16-8-6-14-46(51)47-15-7-9-17-52(47)59)35-50(58-56)41-24-20-38(21-25-41)43-29-32-53-48(34-43)55-45-13-5-4-10-39(45)28-33-54(55)60-53/h1-35H. The van der Waals surface area contributed by atoms with Crippen LogP contribution in [-0.4, -0.2) is 14.5 Å². The van der Waals surface area contributed by atoms with Crippen molar-refractivity contribution in [2.75, 3.05) is 0 Å². The monoisotopic (exact) mass is 765 g/mol. The molecule has 0 aliphatic heterocycles. The van der Waals surface area contributed by atoms with E-state index in [1.807, 2.05) is 18.2 Å². The Kier molecular flexibility index (Phi) is 7.82. The highest BCUT2D eigenvalue weighted by Crippen LogP contribution is 2.38. The van der Waals surface area contributed by atoms with Gasteiger partial charge in [0.05, 0.1) is 22.4 Å². The van der Waals surface area contributed by atoms with E-state index in [0.29, 0.717) is 5.82 Å². The molecule has 0 saturated heterocycles. The SMILES string of the molecule is c1ccc(-c2nc(-c3ccc(-c4ccc(-n5c6ccccc6c6ccccc65)cc4)cc3)cc(-c3ccc(-c4ccc5oc6ccc7ccccc7c6c5c4)cc3)n2)cc1. The predicted octanol–water partition coefficient (Wildman–Crippen LogP) is 15.0. The van der Waals surface area contributed by atoms with Crippen molar-refractivity contribution >= 4 is 54.5 Å². The summed E-state index contributed by atoms with van der Waals surface area (Å²) in [5, 5.41) is 7.22. The smallest absolute Gasteiger partial charge is 0.160 e. The van der Waals surface area contributed by atoms with Gasteiger partial charge < -0.3 is 8.98 Å². The molecule has 0 amide bonds. The lowest BCUT2D eigenvalue weighted by atomic mass is 9.98. The topological polar surface area (TPSA) is 43.9 Å². The van der Waals surface area contributed by atoms with E-state index in [1.165, 1.54) is 32.6 Å². The molecule has 0 N–H and O–H groups in total. The summed E-state index contributed by atoms with van der Waals surface area (Å²) in [4.78, 5) is 10.2.